The van der Waals surface area contributed by atoms with Crippen LogP contribution in [0.5, 0.6) is 0 Å². The first-order valence-corrected chi connectivity index (χ1v) is 8.00. The molecule has 0 saturated heterocycles. The summed E-state index contributed by atoms with van der Waals surface area (Å²) in [6.45, 7) is 1.82. The van der Waals surface area contributed by atoms with E-state index < -0.39 is 0 Å². The molecule has 1 N–H and O–H groups in total. The quantitative estimate of drug-likeness (QED) is 0.776. The predicted molar refractivity (Wildman–Crippen MR) is 89.7 cm³/mol. The number of aryl methyl sites for hydroxylation is 1. The first-order valence-electron chi connectivity index (χ1n) is 8.00. The van der Waals surface area contributed by atoms with E-state index in [2.05, 4.69) is 59.1 Å². The Kier molecular flexibility index (Phi) is 3.43. The minimum atomic E-state index is 0.808. The van der Waals surface area contributed by atoms with Crippen LogP contribution in [0.1, 0.15) is 35.4 Å². The molecule has 1 aliphatic carbocycles. The van der Waals surface area contributed by atoms with Gasteiger partial charge < -0.3 is 5.32 Å². The van der Waals surface area contributed by atoms with Crippen molar-refractivity contribution < 1.29 is 0 Å². The van der Waals surface area contributed by atoms with Crippen molar-refractivity contribution in [1.82, 2.24) is 15.1 Å². The molecule has 0 atom stereocenters. The van der Waals surface area contributed by atoms with Crippen LogP contribution in [-0.2, 0) is 20.1 Å². The van der Waals surface area contributed by atoms with Gasteiger partial charge in [0.15, 0.2) is 0 Å². The first-order chi connectivity index (χ1) is 10.8. The molecule has 3 nitrogen and oxygen atoms in total. The van der Waals surface area contributed by atoms with E-state index in [1.165, 1.54) is 34.9 Å². The topological polar surface area (TPSA) is 29.9 Å². The van der Waals surface area contributed by atoms with Crippen molar-refractivity contribution in [1.29, 1.82) is 0 Å². The second-order valence-electron chi connectivity index (χ2n) is 6.27. The highest BCUT2D eigenvalue weighted by atomic mass is 15.2. The van der Waals surface area contributed by atoms with E-state index in [1.807, 2.05) is 11.7 Å². The van der Waals surface area contributed by atoms with Crippen LogP contribution < -0.4 is 5.32 Å². The minimum absolute atomic E-state index is 0.808. The third kappa shape index (κ3) is 2.77. The van der Waals surface area contributed by atoms with Crippen molar-refractivity contribution in [2.24, 2.45) is 7.05 Å². The lowest BCUT2D eigenvalue weighted by Crippen LogP contribution is -2.13. The lowest BCUT2D eigenvalue weighted by Gasteiger charge is -2.10. The summed E-state index contributed by atoms with van der Waals surface area (Å²) in [4.78, 5) is 0. The van der Waals surface area contributed by atoms with Gasteiger partial charge in [0.2, 0.25) is 0 Å². The van der Waals surface area contributed by atoms with Gasteiger partial charge in [-0.05, 0) is 41.5 Å². The van der Waals surface area contributed by atoms with Gasteiger partial charge in [-0.15, -0.1) is 0 Å². The third-order valence-electron chi connectivity index (χ3n) is 4.40. The monoisotopic (exact) mass is 291 g/mol. The number of benzene rings is 2. The Bertz CT molecular complexity index is 799. The van der Waals surface area contributed by atoms with Gasteiger partial charge in [-0.3, -0.25) is 4.68 Å². The highest BCUT2D eigenvalue weighted by molar-refractivity contribution is 5.78. The lowest BCUT2D eigenvalue weighted by molar-refractivity contribution is 0.688. The molecular weight excluding hydrogens is 270 g/mol. The summed E-state index contributed by atoms with van der Waals surface area (Å²) in [5, 5.41) is 9.25. The Morgan fingerprint density at radius 3 is 2.86 bits per heavy atom. The Balaban J connectivity index is 1.43. The third-order valence-corrected chi connectivity index (χ3v) is 4.40. The molecule has 112 valence electrons. The summed E-state index contributed by atoms with van der Waals surface area (Å²) in [6, 6.07) is 15.3. The summed E-state index contributed by atoms with van der Waals surface area (Å²) in [5.74, 6) is 0.808. The van der Waals surface area contributed by atoms with Gasteiger partial charge in [-0.1, -0.05) is 36.4 Å². The van der Waals surface area contributed by atoms with Crippen molar-refractivity contribution >= 4 is 10.9 Å². The van der Waals surface area contributed by atoms with Gasteiger partial charge in [0, 0.05) is 31.7 Å². The Morgan fingerprint density at radius 2 is 2.00 bits per heavy atom. The van der Waals surface area contributed by atoms with E-state index >= 15 is 0 Å². The fourth-order valence-corrected chi connectivity index (χ4v) is 3.12. The molecule has 1 saturated carbocycles. The van der Waals surface area contributed by atoms with Crippen LogP contribution >= 0.6 is 0 Å². The van der Waals surface area contributed by atoms with Gasteiger partial charge in [-0.2, -0.15) is 5.10 Å². The van der Waals surface area contributed by atoms with E-state index in [0.717, 1.165) is 24.5 Å². The van der Waals surface area contributed by atoms with Crippen molar-refractivity contribution in [3.63, 3.8) is 0 Å². The van der Waals surface area contributed by atoms with Gasteiger partial charge in [-0.25, -0.2) is 0 Å². The molecule has 3 aromatic rings. The molecule has 0 aliphatic heterocycles. The lowest BCUT2D eigenvalue weighted by atomic mass is 10.0. The molecule has 0 radical (unpaired) electrons. The molecule has 1 aromatic heterocycles. The number of rotatable bonds is 5. The smallest absolute Gasteiger partial charge is 0.0926 e. The molecule has 0 spiro atoms. The second kappa shape index (κ2) is 5.58. The zero-order valence-electron chi connectivity index (χ0n) is 12.9. The molecule has 2 aromatic carbocycles. The summed E-state index contributed by atoms with van der Waals surface area (Å²) < 4.78 is 1.87. The van der Waals surface area contributed by atoms with E-state index in [4.69, 9.17) is 0 Å². The summed E-state index contributed by atoms with van der Waals surface area (Å²) in [7, 11) is 1.97. The number of fused-ring (bicyclic) bond motifs is 1. The van der Waals surface area contributed by atoms with Crippen LogP contribution in [0.4, 0.5) is 0 Å². The molecule has 4 rings (SSSR count). The summed E-state index contributed by atoms with van der Waals surface area (Å²) in [5.41, 5.74) is 5.34. The van der Waals surface area contributed by atoms with Gasteiger partial charge in [0.25, 0.3) is 0 Å². The zero-order valence-corrected chi connectivity index (χ0v) is 12.9. The largest absolute Gasteiger partial charge is 0.309 e. The van der Waals surface area contributed by atoms with E-state index in [1.54, 1.807) is 0 Å². The van der Waals surface area contributed by atoms with E-state index in [9.17, 15) is 0 Å². The maximum atomic E-state index is 4.47. The van der Waals surface area contributed by atoms with Gasteiger partial charge >= 0.3 is 0 Å². The molecule has 1 heterocycles. The van der Waals surface area contributed by atoms with Crippen LogP contribution in [0.15, 0.2) is 48.7 Å². The average molecular weight is 291 g/mol. The number of nitrogens with zero attached hydrogens (tertiary/aromatic N) is 2. The number of hydrogen-bond acceptors (Lipinski definition) is 2. The molecule has 0 amide bonds. The molecule has 0 unspecified atom stereocenters. The van der Waals surface area contributed by atoms with Crippen LogP contribution in [0.3, 0.4) is 0 Å². The molecule has 0 bridgehead atoms. The summed E-state index contributed by atoms with van der Waals surface area (Å²) in [6.07, 6.45) is 4.76. The number of hydrogen-bond donors (Lipinski definition) is 1. The second-order valence-corrected chi connectivity index (χ2v) is 6.27. The highest BCUT2D eigenvalue weighted by Gasteiger charge is 2.25. The predicted octanol–water partition coefficient (Wildman–Crippen LogP) is 3.74. The van der Waals surface area contributed by atoms with Crippen molar-refractivity contribution in [2.45, 2.75) is 31.8 Å². The average Bonchev–Trinajstić information content (AvgIpc) is 3.29. The Labute approximate surface area is 131 Å². The number of nitrogens with one attached hydrogen (secondary N) is 1. The van der Waals surface area contributed by atoms with Crippen LogP contribution in [0.25, 0.3) is 10.9 Å². The molecular formula is C19H21N3. The van der Waals surface area contributed by atoms with Crippen LogP contribution in [0.2, 0.25) is 0 Å². The molecule has 1 aliphatic rings. The SMILES string of the molecule is Cn1cc2ccc(CNCc3ccccc3C3CC3)cc2n1. The van der Waals surface area contributed by atoms with Crippen molar-refractivity contribution in [2.75, 3.05) is 0 Å². The molecule has 3 heteroatoms. The van der Waals surface area contributed by atoms with Crippen LogP contribution in [-0.4, -0.2) is 9.78 Å². The van der Waals surface area contributed by atoms with Crippen molar-refractivity contribution in [3.05, 3.63) is 65.4 Å². The Hall–Kier alpha value is -2.13. The zero-order chi connectivity index (χ0) is 14.9. The van der Waals surface area contributed by atoms with Crippen LogP contribution in [0, 0.1) is 0 Å². The highest BCUT2D eigenvalue weighted by Crippen LogP contribution is 2.41. The minimum Gasteiger partial charge on any atom is -0.309 e. The fourth-order valence-electron chi connectivity index (χ4n) is 3.12. The van der Waals surface area contributed by atoms with Gasteiger partial charge in [0.05, 0.1) is 5.52 Å². The molecule has 1 fully saturated rings. The van der Waals surface area contributed by atoms with Crippen molar-refractivity contribution in [3.8, 4) is 0 Å². The normalized spacial score (nSPS) is 14.6. The first kappa shape index (κ1) is 13.5. The standard InChI is InChI=1S/C19H21N3/c1-22-13-17-7-6-14(10-19(17)21-22)11-20-12-16-4-2-3-5-18(16)15-8-9-15/h2-7,10,13,15,20H,8-9,11-12H2,1H3. The maximum Gasteiger partial charge on any atom is 0.0926 e. The van der Waals surface area contributed by atoms with Gasteiger partial charge in [0.1, 0.15) is 0 Å². The molecule has 22 heavy (non-hydrogen) atoms. The maximum absolute atomic E-state index is 4.47. The number of aromatic nitrogens is 2. The van der Waals surface area contributed by atoms with E-state index in [0.29, 0.717) is 0 Å². The Morgan fingerprint density at radius 1 is 1.14 bits per heavy atom. The summed E-state index contributed by atoms with van der Waals surface area (Å²) >= 11 is 0. The van der Waals surface area contributed by atoms with E-state index in [-0.39, 0.29) is 0 Å². The fraction of sp³-hybridized carbons (Fsp3) is 0.316.